The molecule has 2 heterocycles. The Labute approximate surface area is 569 Å². The second-order valence-corrected chi connectivity index (χ2v) is 28.8. The lowest BCUT2D eigenvalue weighted by Gasteiger charge is -3.09. The lowest BCUT2D eigenvalue weighted by molar-refractivity contribution is -0.623. The highest BCUT2D eigenvalue weighted by Gasteiger charge is 3.13. The van der Waals surface area contributed by atoms with Crippen LogP contribution in [-0.2, 0) is 44.7 Å². The minimum absolute atomic E-state index is 0.00315. The lowest BCUT2D eigenvalue weighted by atomic mass is 8.92. The number of carbonyl (C=O) groups excluding carboxylic acids is 9. The molecule has 6 aliphatic carbocycles. The molecule has 0 saturated heterocycles. The normalized spacial score (nSPS) is 24.6. The Balaban J connectivity index is 0.648. The van der Waals surface area contributed by atoms with Gasteiger partial charge in [0.1, 0.15) is 36.2 Å². The van der Waals surface area contributed by atoms with Gasteiger partial charge in [0.2, 0.25) is 35.4 Å². The van der Waals surface area contributed by atoms with Crippen LogP contribution in [0.5, 0.6) is 11.5 Å². The second kappa shape index (κ2) is 26.9. The number of primary amides is 1. The SMILES string of the molecule is CC(=O)N[C@@H](CCCCN)C(=O)N[C@H](C(=O)N[C@@H](CCCNC(N)=O)C(=O)Nc1ccc(COC(=O)N(C)CCN(C)C(=O)Oc2cc3c(c4ccccc24)[C@H](CCl)CN3C(=O)C23C4C5C2C2C3C4C52C(=O)N2C[C@@H](CCl)c3c2cc(OP(=O)(O)O)c2ccccc32)cc1)C(C)C. The van der Waals surface area contributed by atoms with E-state index < -0.39 is 84.5 Å². The van der Waals surface area contributed by atoms with E-state index in [2.05, 4.69) is 26.6 Å². The Morgan fingerprint density at radius 1 is 0.660 bits per heavy atom. The van der Waals surface area contributed by atoms with Gasteiger partial charge < -0.3 is 71.6 Å². The third-order valence-corrected chi connectivity index (χ3v) is 22.6. The number of phosphoric ester groups is 1. The molecule has 0 bridgehead atoms. The van der Waals surface area contributed by atoms with Crippen LogP contribution >= 0.6 is 31.0 Å². The lowest BCUT2D eigenvalue weighted by Crippen LogP contribution is -3.12. The molecule has 29 heteroatoms. The summed E-state index contributed by atoms with van der Waals surface area (Å²) in [4.78, 5) is 148. The summed E-state index contributed by atoms with van der Waals surface area (Å²) in [5, 5.41) is 16.0. The highest BCUT2D eigenvalue weighted by atomic mass is 35.5. The molecule has 0 spiro atoms. The van der Waals surface area contributed by atoms with Crippen LogP contribution in [0.4, 0.5) is 31.4 Å². The maximum absolute atomic E-state index is 15.3. The molecule has 8 aliphatic rings. The van der Waals surface area contributed by atoms with Crippen LogP contribution in [0.2, 0.25) is 0 Å². The molecule has 2 aliphatic heterocycles. The molecule has 5 aromatic carbocycles. The van der Waals surface area contributed by atoms with Gasteiger partial charge in [-0.15, -0.1) is 23.2 Å². The number of hydrogen-bond acceptors (Lipinski definition) is 14. The van der Waals surface area contributed by atoms with E-state index in [0.29, 0.717) is 77.7 Å². The van der Waals surface area contributed by atoms with Crippen molar-refractivity contribution in [1.82, 2.24) is 31.1 Å². The number of hydrogen-bond donors (Lipinski definition) is 9. The summed E-state index contributed by atoms with van der Waals surface area (Å²) in [6, 6.07) is 20.5. The zero-order valence-corrected chi connectivity index (χ0v) is 56.7. The third-order valence-electron chi connectivity index (χ3n) is 21.4. The van der Waals surface area contributed by atoms with Crippen molar-refractivity contribution in [1.29, 1.82) is 0 Å². The van der Waals surface area contributed by atoms with Crippen LogP contribution in [0, 0.1) is 52.3 Å². The van der Waals surface area contributed by atoms with Gasteiger partial charge in [-0.25, -0.2) is 18.9 Å². The standard InChI is InChI=1S/C68H80Cl2N11O15P/c1-34(2)58(77-60(84)44(74-35(3)82)17-10-11-23-71)61(85)76-45(18-12-24-73-64(72)88)59(83)75-39-21-19-36(20-22-39)33-94-65(89)78(4)25-26-79(5)66(90)95-48-27-46-50(42-15-8-6-13-40(42)48)37(29-69)31-80(46)62(86)67-52-55-53(67)57-54(67)56(52)68(55,57)63(87)81-32-38(30-70)51-43-16-9-7-14-41(43)49(28-47(51)81)96-97(91,92)93/h6-9,13-16,19-22,27-28,34,37-38,44-45,52-58H,10-12,17-18,23-26,29-33,71H2,1-5H3,(H,74,82)(H,75,83)(H,76,85)(H,77,84)(H3,72,73,88)(H2,91,92,93)/t37-,38-,44+,45+,52?,53?,54?,55?,56?,57?,58+,67?,68?/m1/s1. The Bertz CT molecular complexity index is 4030. The summed E-state index contributed by atoms with van der Waals surface area (Å²) in [5.41, 5.74) is 13.4. The molecule has 10 amide bonds. The summed E-state index contributed by atoms with van der Waals surface area (Å²) < 4.78 is 29.1. The Kier molecular flexibility index (Phi) is 19.0. The average molecular weight is 1390 g/mol. The number of nitrogens with one attached hydrogen (secondary N) is 5. The smallest absolute Gasteiger partial charge is 0.445 e. The van der Waals surface area contributed by atoms with Crippen LogP contribution in [0.1, 0.15) is 81.4 Å². The van der Waals surface area contributed by atoms with E-state index in [1.165, 1.54) is 30.8 Å². The number of alkyl halides is 2. The van der Waals surface area contributed by atoms with Crippen LogP contribution in [0.25, 0.3) is 21.5 Å². The quantitative estimate of drug-likeness (QED) is 0.0145. The molecular weight excluding hydrogens is 1310 g/mol. The monoisotopic (exact) mass is 1390 g/mol. The van der Waals surface area contributed by atoms with Crippen LogP contribution in [0.15, 0.2) is 84.9 Å². The Hall–Kier alpha value is -8.26. The van der Waals surface area contributed by atoms with Crippen molar-refractivity contribution in [3.8, 4) is 11.5 Å². The van der Waals surface area contributed by atoms with Gasteiger partial charge >= 0.3 is 26.0 Å². The van der Waals surface area contributed by atoms with Crippen LogP contribution in [0.3, 0.4) is 0 Å². The first-order valence-electron chi connectivity index (χ1n) is 32.8. The first-order valence-corrected chi connectivity index (χ1v) is 35.4. The number of fused-ring (bicyclic) bond motifs is 6. The van der Waals surface area contributed by atoms with Crippen molar-refractivity contribution in [2.75, 3.05) is 80.2 Å². The molecule has 0 aromatic heterocycles. The number of ether oxygens (including phenoxy) is 2. The van der Waals surface area contributed by atoms with E-state index in [-0.39, 0.29) is 121 Å². The van der Waals surface area contributed by atoms with Gasteiger partial charge in [0.25, 0.3) is 0 Å². The number of phosphoric acid groups is 1. The summed E-state index contributed by atoms with van der Waals surface area (Å²) >= 11 is 13.3. The van der Waals surface area contributed by atoms with Gasteiger partial charge in [-0.05, 0) is 120 Å². The number of rotatable bonds is 28. The largest absolute Gasteiger partial charge is 0.524 e. The minimum atomic E-state index is -4.96. The summed E-state index contributed by atoms with van der Waals surface area (Å²) in [6.07, 6.45) is 0.431. The van der Waals surface area contributed by atoms with Crippen molar-refractivity contribution in [2.24, 2.45) is 63.7 Å². The van der Waals surface area contributed by atoms with Crippen molar-refractivity contribution >= 4 is 123 Å². The van der Waals surface area contributed by atoms with E-state index in [1.54, 1.807) is 67.3 Å². The maximum atomic E-state index is 15.3. The second-order valence-electron chi connectivity index (χ2n) is 27.1. The molecule has 97 heavy (non-hydrogen) atoms. The number of likely N-dealkylation sites (N-methyl/N-ethyl adjacent to an activating group) is 2. The highest BCUT2D eigenvalue weighted by Crippen LogP contribution is 3.10. The zero-order chi connectivity index (χ0) is 69.3. The van der Waals surface area contributed by atoms with Gasteiger partial charge in [-0.2, -0.15) is 0 Å². The molecule has 13 rings (SSSR count). The van der Waals surface area contributed by atoms with Gasteiger partial charge in [-0.3, -0.25) is 38.6 Å². The van der Waals surface area contributed by atoms with Gasteiger partial charge in [0.15, 0.2) is 0 Å². The third kappa shape index (κ3) is 11.7. The van der Waals surface area contributed by atoms with E-state index in [1.807, 2.05) is 41.3 Å². The fraction of sp³-hybridized carbons (Fsp3) is 0.485. The molecule has 0 unspecified atom stereocenters. The molecule has 5 atom stereocenters. The first kappa shape index (κ1) is 68.7. The number of benzene rings is 5. The van der Waals surface area contributed by atoms with Crippen molar-refractivity contribution < 1.29 is 71.5 Å². The topological polar surface area (TPSA) is 364 Å². The number of urea groups is 1. The maximum Gasteiger partial charge on any atom is 0.524 e. The molecule has 26 nitrogen and oxygen atoms in total. The molecule has 6 saturated carbocycles. The molecule has 6 fully saturated rings. The first-order chi connectivity index (χ1) is 46.3. The van der Waals surface area contributed by atoms with Crippen LogP contribution in [-0.4, -0.2) is 156 Å². The number of halogens is 2. The predicted molar refractivity (Wildman–Crippen MR) is 361 cm³/mol. The van der Waals surface area contributed by atoms with Gasteiger partial charge in [0, 0.05) is 106 Å². The highest BCUT2D eigenvalue weighted by molar-refractivity contribution is 7.46. The van der Waals surface area contributed by atoms with Crippen molar-refractivity contribution in [2.45, 2.75) is 89.4 Å². The van der Waals surface area contributed by atoms with Crippen molar-refractivity contribution in [3.05, 3.63) is 102 Å². The summed E-state index contributed by atoms with van der Waals surface area (Å²) in [7, 11) is -1.90. The summed E-state index contributed by atoms with van der Waals surface area (Å²) in [5.74, 6) is -2.27. The van der Waals surface area contributed by atoms with E-state index in [0.717, 1.165) is 16.5 Å². The molecule has 11 N–H and O–H groups in total. The zero-order valence-electron chi connectivity index (χ0n) is 54.3. The average Bonchev–Trinajstić information content (AvgIpc) is 0.710. The van der Waals surface area contributed by atoms with Crippen molar-refractivity contribution in [3.63, 3.8) is 0 Å². The Morgan fingerprint density at radius 2 is 1.15 bits per heavy atom. The van der Waals surface area contributed by atoms with Gasteiger partial charge in [-0.1, -0.05) is 74.5 Å². The fourth-order valence-corrected chi connectivity index (χ4v) is 18.2. The fourth-order valence-electron chi connectivity index (χ4n) is 17.3. The Morgan fingerprint density at radius 3 is 1.65 bits per heavy atom. The van der Waals surface area contributed by atoms with Gasteiger partial charge in [0.05, 0.1) is 22.2 Å². The molecular formula is C68H80Cl2N11O15P. The number of unbranched alkanes of at least 4 members (excludes halogenated alkanes) is 1. The predicted octanol–water partition coefficient (Wildman–Crippen LogP) is 6.59. The summed E-state index contributed by atoms with van der Waals surface area (Å²) in [6.45, 7) is 5.86. The van der Waals surface area contributed by atoms with E-state index in [4.69, 9.17) is 48.7 Å². The number of carbonyl (C=O) groups is 9. The molecule has 516 valence electrons. The molecule has 0 radical (unpaired) electrons. The number of nitrogens with two attached hydrogens (primary N) is 2. The van der Waals surface area contributed by atoms with Crippen LogP contribution < -0.4 is 57.1 Å². The molecule has 5 aromatic rings. The number of amides is 10. The minimum Gasteiger partial charge on any atom is -0.445 e. The van der Waals surface area contributed by atoms with E-state index in [9.17, 15) is 47.9 Å². The number of anilines is 3. The number of nitrogens with zero attached hydrogens (tertiary/aromatic N) is 4. The van der Waals surface area contributed by atoms with E-state index >= 15 is 9.59 Å².